The minimum Gasteiger partial charge on any atom is -0.435 e. The second-order valence-corrected chi connectivity index (χ2v) is 1.32. The fraction of sp³-hybridized carbons (Fsp3) is 0.800. The normalized spacial score (nSPS) is 8.67. The molecule has 0 heterocycles. The van der Waals surface area contributed by atoms with Gasteiger partial charge in [0.2, 0.25) is 0 Å². The van der Waals surface area contributed by atoms with Gasteiger partial charge < -0.3 is 15.2 Å². The van der Waals surface area contributed by atoms with Gasteiger partial charge in [0.05, 0.1) is 6.61 Å². The molecule has 9 heavy (non-hydrogen) atoms. The highest BCUT2D eigenvalue weighted by atomic mass is 16.7. The van der Waals surface area contributed by atoms with E-state index < -0.39 is 6.16 Å². The van der Waals surface area contributed by atoms with Crippen LogP contribution < -0.4 is 5.73 Å². The Morgan fingerprint density at radius 1 is 1.56 bits per heavy atom. The summed E-state index contributed by atoms with van der Waals surface area (Å²) in [4.78, 5) is 10.3. The van der Waals surface area contributed by atoms with Gasteiger partial charge in [-0.3, -0.25) is 0 Å². The fourth-order valence-electron chi connectivity index (χ4n) is 0.302. The van der Waals surface area contributed by atoms with Gasteiger partial charge in [-0.15, -0.1) is 0 Å². The maximum absolute atomic E-state index is 10.3. The van der Waals surface area contributed by atoms with Crippen LogP contribution in [-0.4, -0.2) is 25.9 Å². The molecule has 0 radical (unpaired) electrons. The van der Waals surface area contributed by atoms with Gasteiger partial charge in [0.1, 0.15) is 6.61 Å². The molecule has 0 saturated heterocycles. The van der Waals surface area contributed by atoms with Gasteiger partial charge in [0, 0.05) is 6.54 Å². The van der Waals surface area contributed by atoms with Crippen molar-refractivity contribution >= 4 is 6.16 Å². The molecule has 0 fully saturated rings. The van der Waals surface area contributed by atoms with Crippen molar-refractivity contribution in [3.63, 3.8) is 0 Å². The minimum atomic E-state index is -0.650. The van der Waals surface area contributed by atoms with Crippen LogP contribution in [0.2, 0.25) is 0 Å². The summed E-state index contributed by atoms with van der Waals surface area (Å²) in [7, 11) is 0. The molecule has 0 aromatic carbocycles. The highest BCUT2D eigenvalue weighted by molar-refractivity contribution is 5.59. The molecule has 0 aliphatic heterocycles. The van der Waals surface area contributed by atoms with Gasteiger partial charge >= 0.3 is 6.16 Å². The number of carbonyl (C=O) groups is 1. The van der Waals surface area contributed by atoms with Gasteiger partial charge in [-0.1, -0.05) is 0 Å². The van der Waals surface area contributed by atoms with Gasteiger partial charge in [-0.05, 0) is 6.92 Å². The Kier molecular flexibility index (Phi) is 4.91. The first-order chi connectivity index (χ1) is 4.31. The molecule has 0 unspecified atom stereocenters. The van der Waals surface area contributed by atoms with E-state index in [-0.39, 0.29) is 6.61 Å². The van der Waals surface area contributed by atoms with Crippen LogP contribution in [0.15, 0.2) is 0 Å². The summed E-state index contributed by atoms with van der Waals surface area (Å²) >= 11 is 0. The van der Waals surface area contributed by atoms with E-state index in [4.69, 9.17) is 5.73 Å². The van der Waals surface area contributed by atoms with Crippen LogP contribution in [0.25, 0.3) is 0 Å². The van der Waals surface area contributed by atoms with E-state index >= 15 is 0 Å². The Morgan fingerprint density at radius 2 is 2.22 bits per heavy atom. The lowest BCUT2D eigenvalue weighted by Gasteiger charge is -2.00. The third-order valence-corrected chi connectivity index (χ3v) is 0.600. The van der Waals surface area contributed by atoms with Gasteiger partial charge in [0.25, 0.3) is 0 Å². The number of nitrogens with two attached hydrogens (primary N) is 1. The van der Waals surface area contributed by atoms with E-state index in [9.17, 15) is 4.79 Å². The summed E-state index contributed by atoms with van der Waals surface area (Å²) in [6.45, 7) is 2.60. The van der Waals surface area contributed by atoms with E-state index in [1.807, 2.05) is 0 Å². The number of ether oxygens (including phenoxy) is 2. The summed E-state index contributed by atoms with van der Waals surface area (Å²) in [5, 5.41) is 0. The SMILES string of the molecule is CCOC(=O)OCCN. The van der Waals surface area contributed by atoms with Crippen LogP contribution in [0.3, 0.4) is 0 Å². The van der Waals surface area contributed by atoms with E-state index in [2.05, 4.69) is 9.47 Å². The lowest BCUT2D eigenvalue weighted by atomic mass is 10.7. The van der Waals surface area contributed by atoms with E-state index in [0.717, 1.165) is 0 Å². The maximum atomic E-state index is 10.3. The molecule has 0 spiro atoms. The first-order valence-electron chi connectivity index (χ1n) is 2.81. The molecule has 0 amide bonds. The first-order valence-corrected chi connectivity index (χ1v) is 2.81. The van der Waals surface area contributed by atoms with Gasteiger partial charge in [-0.25, -0.2) is 4.79 Å². The van der Waals surface area contributed by atoms with Crippen molar-refractivity contribution in [2.24, 2.45) is 5.73 Å². The Morgan fingerprint density at radius 3 is 2.67 bits per heavy atom. The largest absolute Gasteiger partial charge is 0.508 e. The zero-order chi connectivity index (χ0) is 7.11. The molecule has 0 aliphatic carbocycles. The van der Waals surface area contributed by atoms with Crippen molar-refractivity contribution in [1.82, 2.24) is 0 Å². The van der Waals surface area contributed by atoms with Crippen LogP contribution in [-0.2, 0) is 9.47 Å². The molecule has 4 heteroatoms. The molecule has 54 valence electrons. The predicted molar refractivity (Wildman–Crippen MR) is 32.0 cm³/mol. The van der Waals surface area contributed by atoms with Crippen molar-refractivity contribution in [1.29, 1.82) is 0 Å². The predicted octanol–water partition coefficient (Wildman–Crippen LogP) is 0.118. The van der Waals surface area contributed by atoms with E-state index in [1.54, 1.807) is 6.92 Å². The summed E-state index contributed by atoms with van der Waals surface area (Å²) in [5.74, 6) is 0. The maximum Gasteiger partial charge on any atom is 0.508 e. The van der Waals surface area contributed by atoms with Crippen molar-refractivity contribution in [3.05, 3.63) is 0 Å². The van der Waals surface area contributed by atoms with Gasteiger partial charge in [-0.2, -0.15) is 0 Å². The van der Waals surface area contributed by atoms with Crippen molar-refractivity contribution < 1.29 is 14.3 Å². The summed E-state index contributed by atoms with van der Waals surface area (Å²) in [5.41, 5.74) is 5.04. The third-order valence-electron chi connectivity index (χ3n) is 0.600. The topological polar surface area (TPSA) is 61.5 Å². The molecule has 0 aromatic rings. The second-order valence-electron chi connectivity index (χ2n) is 1.32. The summed E-state index contributed by atoms with van der Waals surface area (Å²) in [6.07, 6.45) is -0.650. The van der Waals surface area contributed by atoms with Crippen LogP contribution >= 0.6 is 0 Å². The van der Waals surface area contributed by atoms with Crippen molar-refractivity contribution in [2.75, 3.05) is 19.8 Å². The fourth-order valence-corrected chi connectivity index (χ4v) is 0.302. The quantitative estimate of drug-likeness (QED) is 0.555. The lowest BCUT2D eigenvalue weighted by molar-refractivity contribution is 0.0613. The van der Waals surface area contributed by atoms with E-state index in [1.165, 1.54) is 0 Å². The lowest BCUT2D eigenvalue weighted by Crippen LogP contribution is -2.14. The number of hydrogen-bond donors (Lipinski definition) is 1. The average molecular weight is 133 g/mol. The zero-order valence-electron chi connectivity index (χ0n) is 5.42. The highest BCUT2D eigenvalue weighted by Crippen LogP contribution is 1.81. The number of rotatable bonds is 3. The zero-order valence-corrected chi connectivity index (χ0v) is 5.42. The Labute approximate surface area is 53.9 Å². The molecule has 0 aliphatic rings. The third kappa shape index (κ3) is 5.10. The first kappa shape index (κ1) is 8.23. The molecule has 0 aromatic heterocycles. The van der Waals surface area contributed by atoms with Crippen LogP contribution in [0.4, 0.5) is 4.79 Å². The van der Waals surface area contributed by atoms with E-state index in [0.29, 0.717) is 13.2 Å². The summed E-state index contributed by atoms with van der Waals surface area (Å²) < 4.78 is 8.87. The number of hydrogen-bond acceptors (Lipinski definition) is 4. The highest BCUT2D eigenvalue weighted by Gasteiger charge is 1.97. The van der Waals surface area contributed by atoms with Crippen molar-refractivity contribution in [3.8, 4) is 0 Å². The molecule has 0 bridgehead atoms. The Hall–Kier alpha value is -0.770. The minimum absolute atomic E-state index is 0.221. The molecular weight excluding hydrogens is 122 g/mol. The Bertz CT molecular complexity index is 84.3. The molecule has 2 N–H and O–H groups in total. The standard InChI is InChI=1S/C5H11NO3/c1-2-8-5(7)9-4-3-6/h2-4,6H2,1H3. The number of carbonyl (C=O) groups excluding carboxylic acids is 1. The average Bonchev–Trinajstić information content (AvgIpc) is 1.85. The Balaban J connectivity index is 3.06. The van der Waals surface area contributed by atoms with Crippen LogP contribution in [0, 0.1) is 0 Å². The molecular formula is C5H11NO3. The smallest absolute Gasteiger partial charge is 0.435 e. The monoisotopic (exact) mass is 133 g/mol. The van der Waals surface area contributed by atoms with Crippen LogP contribution in [0.1, 0.15) is 6.92 Å². The molecule has 0 rings (SSSR count). The molecule has 0 saturated carbocycles. The van der Waals surface area contributed by atoms with Gasteiger partial charge in [0.15, 0.2) is 0 Å². The summed E-state index contributed by atoms with van der Waals surface area (Å²) in [6, 6.07) is 0. The van der Waals surface area contributed by atoms with Crippen LogP contribution in [0.5, 0.6) is 0 Å². The molecule has 4 nitrogen and oxygen atoms in total. The van der Waals surface area contributed by atoms with Crippen molar-refractivity contribution in [2.45, 2.75) is 6.92 Å². The second kappa shape index (κ2) is 5.37. The molecule has 0 atom stereocenters.